The maximum Gasteiger partial charge on any atom is 0.303 e. The molecule has 1 amide bonds. The largest absolute Gasteiger partial charge is 0.481 e. The Bertz CT molecular complexity index is 1090. The number of nitrogens with zero attached hydrogens (tertiary/aromatic N) is 3. The van der Waals surface area contributed by atoms with Crippen LogP contribution < -0.4 is 5.43 Å². The lowest BCUT2D eigenvalue weighted by atomic mass is 10.1. The number of hydrogen-bond donors (Lipinski definition) is 2. The number of nitrogens with one attached hydrogen (secondary N) is 1. The van der Waals surface area contributed by atoms with Gasteiger partial charge in [-0.15, -0.1) is 0 Å². The maximum atomic E-state index is 11.6. The summed E-state index contributed by atoms with van der Waals surface area (Å²) in [5.41, 5.74) is 4.33. The van der Waals surface area contributed by atoms with Crippen molar-refractivity contribution in [3.8, 4) is 11.3 Å². The molecule has 7 nitrogen and oxygen atoms in total. The fourth-order valence-electron chi connectivity index (χ4n) is 2.47. The molecule has 0 unspecified atom stereocenters. The Morgan fingerprint density at radius 1 is 1.18 bits per heavy atom. The lowest BCUT2D eigenvalue weighted by molar-refractivity contribution is -0.138. The molecule has 3 rings (SSSR count). The predicted molar refractivity (Wildman–Crippen MR) is 110 cm³/mol. The van der Waals surface area contributed by atoms with E-state index in [1.165, 1.54) is 6.21 Å². The minimum Gasteiger partial charge on any atom is -0.481 e. The molecule has 0 spiro atoms. The van der Waals surface area contributed by atoms with Gasteiger partial charge >= 0.3 is 5.97 Å². The molecule has 0 saturated carbocycles. The van der Waals surface area contributed by atoms with Crippen molar-refractivity contribution in [1.82, 2.24) is 15.4 Å². The normalized spacial score (nSPS) is 11.1. The van der Waals surface area contributed by atoms with Gasteiger partial charge in [0.25, 0.3) is 0 Å². The second-order valence-electron chi connectivity index (χ2n) is 5.76. The lowest BCUT2D eigenvalue weighted by Crippen LogP contribution is -2.18. The van der Waals surface area contributed by atoms with Crippen molar-refractivity contribution in [3.05, 3.63) is 57.8 Å². The van der Waals surface area contributed by atoms with Gasteiger partial charge in [-0.1, -0.05) is 45.7 Å². The van der Waals surface area contributed by atoms with Crippen LogP contribution in [0.25, 0.3) is 22.2 Å². The first-order chi connectivity index (χ1) is 13.4. The monoisotopic (exact) mass is 460 g/mol. The van der Waals surface area contributed by atoms with E-state index in [4.69, 9.17) is 16.7 Å². The number of carbonyl (C=O) groups is 2. The van der Waals surface area contributed by atoms with Crippen LogP contribution in [0.5, 0.6) is 0 Å². The highest BCUT2D eigenvalue weighted by atomic mass is 79.9. The van der Waals surface area contributed by atoms with E-state index in [1.807, 2.05) is 36.4 Å². The molecule has 0 bridgehead atoms. The van der Waals surface area contributed by atoms with E-state index in [1.54, 1.807) is 6.07 Å². The Labute approximate surface area is 173 Å². The van der Waals surface area contributed by atoms with Crippen molar-refractivity contribution in [2.75, 3.05) is 0 Å². The number of aliphatic carboxylic acids is 1. The topological polar surface area (TPSA) is 105 Å². The Morgan fingerprint density at radius 3 is 2.71 bits per heavy atom. The number of carbonyl (C=O) groups excluding carboxylic acids is 1. The third kappa shape index (κ3) is 4.90. The number of benzene rings is 2. The molecule has 0 saturated heterocycles. The van der Waals surface area contributed by atoms with Gasteiger partial charge in [-0.2, -0.15) is 5.10 Å². The molecule has 0 aliphatic heterocycles. The number of aromatic nitrogens is 2. The predicted octanol–water partition coefficient (Wildman–Crippen LogP) is 4.03. The molecule has 0 aliphatic rings. The van der Waals surface area contributed by atoms with Crippen LogP contribution in [-0.4, -0.2) is 33.2 Å². The van der Waals surface area contributed by atoms with Crippen LogP contribution in [0.15, 0.2) is 52.0 Å². The number of fused-ring (bicyclic) bond motifs is 1. The van der Waals surface area contributed by atoms with Crippen LogP contribution in [0.1, 0.15) is 18.7 Å². The Kier molecular flexibility index (Phi) is 6.33. The summed E-state index contributed by atoms with van der Waals surface area (Å²) in [6.07, 6.45) is 0.879. The van der Waals surface area contributed by atoms with Crippen molar-refractivity contribution >= 4 is 56.5 Å². The fourth-order valence-corrected chi connectivity index (χ4v) is 3.06. The number of amides is 1. The summed E-state index contributed by atoms with van der Waals surface area (Å²) in [6.45, 7) is 0. The highest BCUT2D eigenvalue weighted by Gasteiger charge is 2.12. The van der Waals surface area contributed by atoms with E-state index >= 15 is 0 Å². The molecule has 0 aliphatic carbocycles. The van der Waals surface area contributed by atoms with Crippen molar-refractivity contribution in [2.45, 2.75) is 12.8 Å². The highest BCUT2D eigenvalue weighted by Crippen LogP contribution is 2.32. The number of carboxylic acids is 1. The average molecular weight is 462 g/mol. The molecule has 9 heteroatoms. The van der Waals surface area contributed by atoms with Gasteiger partial charge in [0.1, 0.15) is 0 Å². The molecular formula is C19H14BrClN4O3. The van der Waals surface area contributed by atoms with Crippen LogP contribution >= 0.6 is 27.5 Å². The highest BCUT2D eigenvalue weighted by molar-refractivity contribution is 9.10. The van der Waals surface area contributed by atoms with Gasteiger partial charge in [0, 0.05) is 26.9 Å². The van der Waals surface area contributed by atoms with E-state index in [0.717, 1.165) is 15.4 Å². The van der Waals surface area contributed by atoms with Crippen LogP contribution in [-0.2, 0) is 9.59 Å². The summed E-state index contributed by atoms with van der Waals surface area (Å²) >= 11 is 9.80. The fraction of sp³-hybridized carbons (Fsp3) is 0.105. The summed E-state index contributed by atoms with van der Waals surface area (Å²) in [6, 6.07) is 12.9. The Balaban J connectivity index is 1.95. The Morgan fingerprint density at radius 2 is 1.96 bits per heavy atom. The third-order valence-electron chi connectivity index (χ3n) is 3.74. The number of halogens is 2. The summed E-state index contributed by atoms with van der Waals surface area (Å²) in [4.78, 5) is 31.0. The van der Waals surface area contributed by atoms with Crippen molar-refractivity contribution in [3.63, 3.8) is 0 Å². The van der Waals surface area contributed by atoms with Crippen LogP contribution in [0.2, 0.25) is 5.02 Å². The quantitative estimate of drug-likeness (QED) is 0.426. The second-order valence-corrected chi connectivity index (χ2v) is 7.08. The molecular weight excluding hydrogens is 448 g/mol. The van der Waals surface area contributed by atoms with Crippen molar-refractivity contribution in [2.24, 2.45) is 5.10 Å². The smallest absolute Gasteiger partial charge is 0.303 e. The zero-order chi connectivity index (χ0) is 20.1. The molecule has 3 aromatic rings. The molecule has 1 heterocycles. The maximum absolute atomic E-state index is 11.6. The summed E-state index contributed by atoms with van der Waals surface area (Å²) < 4.78 is 0.879. The standard InChI is InChI=1S/C19H14BrClN4O3/c20-11-5-6-15-13(9-11)19(12-3-1-2-4-14(12)21)24-16(23-15)10-22-25-17(26)7-8-18(27)28/h1-6,9-10H,7-8H2,(H,25,26)(H,27,28)/b22-10+. The van der Waals surface area contributed by atoms with E-state index in [9.17, 15) is 9.59 Å². The zero-order valence-corrected chi connectivity index (χ0v) is 16.7. The third-order valence-corrected chi connectivity index (χ3v) is 4.56. The number of hydrazone groups is 1. The SMILES string of the molecule is O=C(O)CCC(=O)N/N=C/c1nc(-c2ccccc2Cl)c2cc(Br)ccc2n1. The molecule has 28 heavy (non-hydrogen) atoms. The summed E-state index contributed by atoms with van der Waals surface area (Å²) in [5, 5.41) is 13.8. The van der Waals surface area contributed by atoms with Crippen LogP contribution in [0.3, 0.4) is 0 Å². The summed E-state index contributed by atoms with van der Waals surface area (Å²) in [7, 11) is 0. The van der Waals surface area contributed by atoms with E-state index in [0.29, 0.717) is 16.2 Å². The van der Waals surface area contributed by atoms with Gasteiger partial charge in [0.15, 0.2) is 5.82 Å². The van der Waals surface area contributed by atoms with Crippen molar-refractivity contribution < 1.29 is 14.7 Å². The number of carboxylic acid groups (broad SMARTS) is 1. The lowest BCUT2D eigenvalue weighted by Gasteiger charge is -2.09. The van der Waals surface area contributed by atoms with Gasteiger partial charge in [0.2, 0.25) is 5.91 Å². The zero-order valence-electron chi connectivity index (χ0n) is 14.4. The number of hydrogen-bond acceptors (Lipinski definition) is 5. The molecule has 0 atom stereocenters. The Hall–Kier alpha value is -2.84. The van der Waals surface area contributed by atoms with E-state index < -0.39 is 11.9 Å². The van der Waals surface area contributed by atoms with Gasteiger partial charge in [-0.3, -0.25) is 9.59 Å². The van der Waals surface area contributed by atoms with E-state index in [2.05, 4.69) is 36.4 Å². The van der Waals surface area contributed by atoms with E-state index in [-0.39, 0.29) is 18.7 Å². The van der Waals surface area contributed by atoms with Gasteiger partial charge in [0.05, 0.1) is 23.8 Å². The molecule has 2 N–H and O–H groups in total. The molecule has 0 fully saturated rings. The first-order valence-electron chi connectivity index (χ1n) is 8.20. The molecule has 0 radical (unpaired) electrons. The average Bonchev–Trinajstić information content (AvgIpc) is 2.66. The van der Waals surface area contributed by atoms with Gasteiger partial charge in [-0.25, -0.2) is 15.4 Å². The minimum absolute atomic E-state index is 0.163. The van der Waals surface area contributed by atoms with Crippen molar-refractivity contribution in [1.29, 1.82) is 0 Å². The van der Waals surface area contributed by atoms with Gasteiger partial charge in [-0.05, 0) is 24.3 Å². The molecule has 1 aromatic heterocycles. The van der Waals surface area contributed by atoms with Gasteiger partial charge < -0.3 is 5.11 Å². The summed E-state index contributed by atoms with van der Waals surface area (Å²) in [5.74, 6) is -1.27. The number of rotatable bonds is 6. The van der Waals surface area contributed by atoms with Crippen LogP contribution in [0, 0.1) is 0 Å². The first kappa shape index (κ1) is 19.9. The first-order valence-corrected chi connectivity index (χ1v) is 9.37. The molecule has 142 valence electrons. The minimum atomic E-state index is -1.05. The second kappa shape index (κ2) is 8.90. The molecule has 2 aromatic carbocycles. The van der Waals surface area contributed by atoms with Crippen LogP contribution in [0.4, 0.5) is 0 Å².